The summed E-state index contributed by atoms with van der Waals surface area (Å²) in [6.07, 6.45) is 0.0863. The molecular weight excluding hydrogens is 438 g/mol. The lowest BCUT2D eigenvalue weighted by molar-refractivity contribution is -0.130. The third-order valence-corrected chi connectivity index (χ3v) is 7.30. The number of rotatable bonds is 8. The Labute approximate surface area is 195 Å². The first-order chi connectivity index (χ1) is 15.9. The molecule has 1 heterocycles. The lowest BCUT2D eigenvalue weighted by Gasteiger charge is -2.31. The number of hydrogen-bond acceptors (Lipinski definition) is 5. The fraction of sp³-hybridized carbons (Fsp3) is 0.320. The van der Waals surface area contributed by atoms with E-state index >= 15 is 0 Å². The van der Waals surface area contributed by atoms with Crippen LogP contribution in [0.25, 0.3) is 10.8 Å². The molecule has 0 radical (unpaired) electrons. The Morgan fingerprint density at radius 3 is 2.48 bits per heavy atom. The minimum atomic E-state index is -3.69. The van der Waals surface area contributed by atoms with E-state index in [1.807, 2.05) is 42.5 Å². The summed E-state index contributed by atoms with van der Waals surface area (Å²) in [6, 6.07) is 20.7. The van der Waals surface area contributed by atoms with Gasteiger partial charge in [0.1, 0.15) is 0 Å². The molecule has 3 aromatic carbocycles. The molecule has 3 aromatic rings. The number of anilines is 1. The van der Waals surface area contributed by atoms with Gasteiger partial charge in [-0.25, -0.2) is 13.1 Å². The summed E-state index contributed by atoms with van der Waals surface area (Å²) < 4.78 is 33.4. The van der Waals surface area contributed by atoms with E-state index < -0.39 is 10.0 Å². The first-order valence-electron chi connectivity index (χ1n) is 11.1. The molecule has 1 aliphatic rings. The smallest absolute Gasteiger partial charge is 0.240 e. The zero-order chi connectivity index (χ0) is 23.3. The molecule has 0 unspecified atom stereocenters. The van der Waals surface area contributed by atoms with E-state index in [0.29, 0.717) is 19.8 Å². The fourth-order valence-corrected chi connectivity index (χ4v) is 5.07. The summed E-state index contributed by atoms with van der Waals surface area (Å²) in [6.45, 7) is 3.55. The van der Waals surface area contributed by atoms with Crippen LogP contribution >= 0.6 is 0 Å². The molecule has 1 amide bonds. The van der Waals surface area contributed by atoms with E-state index in [1.165, 1.54) is 0 Å². The van der Waals surface area contributed by atoms with Crippen LogP contribution in [-0.2, 0) is 26.1 Å². The normalized spacial score (nSPS) is 14.4. The highest BCUT2D eigenvalue weighted by molar-refractivity contribution is 7.89. The van der Waals surface area contributed by atoms with Gasteiger partial charge in [-0.1, -0.05) is 48.5 Å². The number of carbonyl (C=O) groups excluding carboxylic acids is 1. The predicted molar refractivity (Wildman–Crippen MR) is 130 cm³/mol. The molecule has 1 fully saturated rings. The van der Waals surface area contributed by atoms with Crippen LogP contribution in [0.2, 0.25) is 0 Å². The number of fused-ring (bicyclic) bond motifs is 1. The van der Waals surface area contributed by atoms with Crippen molar-refractivity contribution in [1.82, 2.24) is 9.62 Å². The van der Waals surface area contributed by atoms with E-state index in [4.69, 9.17) is 4.74 Å². The van der Waals surface area contributed by atoms with E-state index in [0.717, 1.165) is 35.1 Å². The SMILES string of the molecule is CN(Cc1ccccc1N1CCOCC1)C(=O)CCNS(=O)(=O)c1ccc2ccccc2c1. The maximum absolute atomic E-state index is 12.7. The van der Waals surface area contributed by atoms with Crippen molar-refractivity contribution in [3.63, 3.8) is 0 Å². The van der Waals surface area contributed by atoms with Crippen LogP contribution in [0, 0.1) is 0 Å². The second-order valence-corrected chi connectivity index (χ2v) is 9.90. The Bertz CT molecular complexity index is 1220. The molecule has 7 nitrogen and oxygen atoms in total. The van der Waals surface area contributed by atoms with Crippen LogP contribution in [0.5, 0.6) is 0 Å². The highest BCUT2D eigenvalue weighted by atomic mass is 32.2. The Balaban J connectivity index is 1.34. The number of hydrogen-bond donors (Lipinski definition) is 1. The third kappa shape index (κ3) is 5.71. The van der Waals surface area contributed by atoms with Gasteiger partial charge >= 0.3 is 0 Å². The number of benzene rings is 3. The van der Waals surface area contributed by atoms with Crippen LogP contribution in [-0.4, -0.2) is 59.1 Å². The Morgan fingerprint density at radius 1 is 1.00 bits per heavy atom. The first kappa shape index (κ1) is 23.2. The second-order valence-electron chi connectivity index (χ2n) is 8.13. The zero-order valence-electron chi connectivity index (χ0n) is 18.7. The second kappa shape index (κ2) is 10.3. The van der Waals surface area contributed by atoms with Crippen molar-refractivity contribution in [3.05, 3.63) is 72.3 Å². The molecule has 1 N–H and O–H groups in total. The van der Waals surface area contributed by atoms with Gasteiger partial charge in [-0.15, -0.1) is 0 Å². The van der Waals surface area contributed by atoms with Gasteiger partial charge in [0.05, 0.1) is 18.1 Å². The molecule has 0 spiro atoms. The highest BCUT2D eigenvalue weighted by Gasteiger charge is 2.18. The van der Waals surface area contributed by atoms with Crippen molar-refractivity contribution < 1.29 is 17.9 Å². The number of carbonyl (C=O) groups is 1. The Hall–Kier alpha value is -2.94. The summed E-state index contributed by atoms with van der Waals surface area (Å²) in [5, 5.41) is 1.83. The zero-order valence-corrected chi connectivity index (χ0v) is 19.6. The summed E-state index contributed by atoms with van der Waals surface area (Å²) in [7, 11) is -1.95. The molecule has 0 atom stereocenters. The van der Waals surface area contributed by atoms with Crippen LogP contribution in [0.4, 0.5) is 5.69 Å². The summed E-state index contributed by atoms with van der Waals surface area (Å²) in [4.78, 5) is 16.8. The van der Waals surface area contributed by atoms with Crippen LogP contribution in [0.1, 0.15) is 12.0 Å². The van der Waals surface area contributed by atoms with Gasteiger partial charge in [0.2, 0.25) is 15.9 Å². The van der Waals surface area contributed by atoms with E-state index in [1.54, 1.807) is 30.1 Å². The highest BCUT2D eigenvalue weighted by Crippen LogP contribution is 2.23. The van der Waals surface area contributed by atoms with Crippen molar-refractivity contribution in [1.29, 1.82) is 0 Å². The van der Waals surface area contributed by atoms with Gasteiger partial charge < -0.3 is 14.5 Å². The molecule has 1 aliphatic heterocycles. The quantitative estimate of drug-likeness (QED) is 0.551. The largest absolute Gasteiger partial charge is 0.378 e. The van der Waals surface area contributed by atoms with Gasteiger partial charge in [-0.2, -0.15) is 0 Å². The van der Waals surface area contributed by atoms with Gasteiger partial charge in [-0.3, -0.25) is 4.79 Å². The van der Waals surface area contributed by atoms with Crippen LogP contribution in [0.15, 0.2) is 71.6 Å². The van der Waals surface area contributed by atoms with E-state index in [9.17, 15) is 13.2 Å². The standard InChI is InChI=1S/C25H29N3O4S/c1-27(19-22-8-4-5-9-24(22)28-14-16-32-17-15-28)25(29)12-13-26-33(30,31)23-11-10-20-6-2-3-7-21(20)18-23/h2-11,18,26H,12-17,19H2,1H3. The van der Waals surface area contributed by atoms with Crippen molar-refractivity contribution in [2.45, 2.75) is 17.9 Å². The van der Waals surface area contributed by atoms with Gasteiger partial charge in [0.25, 0.3) is 0 Å². The first-order valence-corrected chi connectivity index (χ1v) is 12.6. The number of nitrogens with one attached hydrogen (secondary N) is 1. The number of sulfonamides is 1. The summed E-state index contributed by atoms with van der Waals surface area (Å²) >= 11 is 0. The number of amides is 1. The Kier molecular flexibility index (Phi) is 7.27. The molecule has 8 heteroatoms. The van der Waals surface area contributed by atoms with Crippen LogP contribution < -0.4 is 9.62 Å². The molecule has 1 saturated heterocycles. The van der Waals surface area contributed by atoms with Crippen molar-refractivity contribution in [2.24, 2.45) is 0 Å². The lowest BCUT2D eigenvalue weighted by Crippen LogP contribution is -2.37. The third-order valence-electron chi connectivity index (χ3n) is 5.84. The monoisotopic (exact) mass is 467 g/mol. The maximum Gasteiger partial charge on any atom is 0.240 e. The molecule has 0 bridgehead atoms. The van der Waals surface area contributed by atoms with Gasteiger partial charge in [-0.05, 0) is 34.5 Å². The number of ether oxygens (including phenoxy) is 1. The van der Waals surface area contributed by atoms with E-state index in [2.05, 4.69) is 15.7 Å². The van der Waals surface area contributed by atoms with Crippen molar-refractivity contribution in [2.75, 3.05) is 44.8 Å². The number of para-hydroxylation sites is 1. The summed E-state index contributed by atoms with van der Waals surface area (Å²) in [5.41, 5.74) is 2.17. The topological polar surface area (TPSA) is 79.0 Å². The van der Waals surface area contributed by atoms with Gasteiger partial charge in [0.15, 0.2) is 0 Å². The number of morpholine rings is 1. The molecule has 0 saturated carbocycles. The number of nitrogens with zero attached hydrogens (tertiary/aromatic N) is 2. The van der Waals surface area contributed by atoms with Gasteiger partial charge in [0, 0.05) is 45.3 Å². The average Bonchev–Trinajstić information content (AvgIpc) is 2.84. The predicted octanol–water partition coefficient (Wildman–Crippen LogP) is 3.00. The van der Waals surface area contributed by atoms with E-state index in [-0.39, 0.29) is 23.8 Å². The molecule has 0 aliphatic carbocycles. The minimum absolute atomic E-state index is 0.0451. The van der Waals surface area contributed by atoms with Crippen molar-refractivity contribution in [3.8, 4) is 0 Å². The Morgan fingerprint density at radius 2 is 1.70 bits per heavy atom. The lowest BCUT2D eigenvalue weighted by atomic mass is 10.1. The molecule has 4 rings (SSSR count). The minimum Gasteiger partial charge on any atom is -0.378 e. The molecule has 174 valence electrons. The summed E-state index contributed by atoms with van der Waals surface area (Å²) in [5.74, 6) is -0.118. The van der Waals surface area contributed by atoms with Crippen LogP contribution in [0.3, 0.4) is 0 Å². The average molecular weight is 468 g/mol. The molecular formula is C25H29N3O4S. The molecule has 0 aromatic heterocycles. The molecule has 33 heavy (non-hydrogen) atoms. The van der Waals surface area contributed by atoms with Crippen molar-refractivity contribution >= 4 is 32.4 Å². The fourth-order valence-electron chi connectivity index (χ4n) is 4.00. The maximum atomic E-state index is 12.7.